The SMILES string of the molecule is CN1CCN(S(=O)(=O)c2ccc(C#Cc3c(-c4ccc(C(F)(F)F)cc4)nn4c(C(F)(F)F)ccnc34)s2)CC1. The number of thiophene rings is 1. The average Bonchev–Trinajstić information content (AvgIpc) is 3.52. The predicted molar refractivity (Wildman–Crippen MR) is 135 cm³/mol. The summed E-state index contributed by atoms with van der Waals surface area (Å²) >= 11 is 0.906. The zero-order valence-electron chi connectivity index (χ0n) is 20.6. The summed E-state index contributed by atoms with van der Waals surface area (Å²) < 4.78 is 108. The molecule has 1 aliphatic rings. The molecule has 1 aliphatic heterocycles. The van der Waals surface area contributed by atoms with Crippen LogP contribution >= 0.6 is 11.3 Å². The molecule has 0 atom stereocenters. The van der Waals surface area contributed by atoms with Crippen molar-refractivity contribution in [1.29, 1.82) is 0 Å². The van der Waals surface area contributed by atoms with Crippen molar-refractivity contribution >= 4 is 27.0 Å². The summed E-state index contributed by atoms with van der Waals surface area (Å²) in [6.07, 6.45) is -8.46. The van der Waals surface area contributed by atoms with E-state index in [4.69, 9.17) is 0 Å². The number of hydrogen-bond acceptors (Lipinski definition) is 6. The van der Waals surface area contributed by atoms with Crippen molar-refractivity contribution in [3.63, 3.8) is 0 Å². The molecule has 0 bridgehead atoms. The summed E-state index contributed by atoms with van der Waals surface area (Å²) in [6, 6.07) is 7.40. The van der Waals surface area contributed by atoms with Gasteiger partial charge in [-0.3, -0.25) is 0 Å². The second-order valence-electron chi connectivity index (χ2n) is 8.94. The monoisotopic (exact) mass is 599 g/mol. The zero-order chi connectivity index (χ0) is 28.9. The number of nitrogens with zero attached hydrogens (tertiary/aromatic N) is 5. The largest absolute Gasteiger partial charge is 0.433 e. The summed E-state index contributed by atoms with van der Waals surface area (Å²) in [5, 5.41) is 4.01. The highest BCUT2D eigenvalue weighted by molar-refractivity contribution is 7.91. The van der Waals surface area contributed by atoms with Gasteiger partial charge in [-0.15, -0.1) is 11.3 Å². The van der Waals surface area contributed by atoms with Gasteiger partial charge >= 0.3 is 12.4 Å². The van der Waals surface area contributed by atoms with Crippen LogP contribution in [0.2, 0.25) is 0 Å². The number of fused-ring (bicyclic) bond motifs is 1. The van der Waals surface area contributed by atoms with Crippen LogP contribution in [0.3, 0.4) is 0 Å². The van der Waals surface area contributed by atoms with Gasteiger partial charge in [-0.05, 0) is 37.4 Å². The number of piperazine rings is 1. The number of rotatable bonds is 3. The molecule has 210 valence electrons. The Labute approximate surface area is 228 Å². The second kappa shape index (κ2) is 10.2. The lowest BCUT2D eigenvalue weighted by molar-refractivity contribution is -0.142. The topological polar surface area (TPSA) is 70.8 Å². The van der Waals surface area contributed by atoms with Gasteiger partial charge < -0.3 is 4.90 Å². The minimum Gasteiger partial charge on any atom is -0.304 e. The van der Waals surface area contributed by atoms with Crippen LogP contribution in [0, 0.1) is 11.8 Å². The van der Waals surface area contributed by atoms with Gasteiger partial charge in [-0.25, -0.2) is 17.9 Å². The maximum atomic E-state index is 13.7. The van der Waals surface area contributed by atoms with Crippen LogP contribution in [-0.4, -0.2) is 65.4 Å². The number of sulfonamides is 1. The smallest absolute Gasteiger partial charge is 0.304 e. The minimum absolute atomic E-state index is 0.0530. The molecule has 1 aromatic carbocycles. The zero-order valence-corrected chi connectivity index (χ0v) is 22.2. The molecule has 1 fully saturated rings. The Bertz CT molecular complexity index is 1720. The van der Waals surface area contributed by atoms with E-state index < -0.39 is 33.6 Å². The minimum atomic E-state index is -4.80. The number of halogens is 6. The Balaban J connectivity index is 1.57. The van der Waals surface area contributed by atoms with E-state index >= 15 is 0 Å². The Morgan fingerprint density at radius 1 is 0.875 bits per heavy atom. The summed E-state index contributed by atoms with van der Waals surface area (Å²) in [5.74, 6) is 5.50. The third-order valence-electron chi connectivity index (χ3n) is 6.24. The van der Waals surface area contributed by atoms with Gasteiger partial charge in [0.1, 0.15) is 15.6 Å². The molecule has 0 saturated carbocycles. The van der Waals surface area contributed by atoms with E-state index in [9.17, 15) is 34.8 Å². The average molecular weight is 600 g/mol. The Hall–Kier alpha value is -3.45. The second-order valence-corrected chi connectivity index (χ2v) is 12.2. The summed E-state index contributed by atoms with van der Waals surface area (Å²) in [6.45, 7) is 1.85. The Morgan fingerprint density at radius 2 is 1.55 bits per heavy atom. The fraction of sp³-hybridized carbons (Fsp3) is 0.280. The van der Waals surface area contributed by atoms with Crippen LogP contribution in [0.25, 0.3) is 16.9 Å². The lowest BCUT2D eigenvalue weighted by Gasteiger charge is -2.31. The van der Waals surface area contributed by atoms with Crippen LogP contribution in [-0.2, 0) is 22.4 Å². The number of likely N-dealkylation sites (N-methyl/N-ethyl adjacent to an activating group) is 1. The molecule has 5 rings (SSSR count). The maximum absolute atomic E-state index is 13.7. The molecular weight excluding hydrogens is 580 g/mol. The molecule has 0 spiro atoms. The van der Waals surface area contributed by atoms with Crippen molar-refractivity contribution in [1.82, 2.24) is 23.8 Å². The molecule has 0 N–H and O–H groups in total. The van der Waals surface area contributed by atoms with Gasteiger partial charge in [-0.1, -0.05) is 24.0 Å². The van der Waals surface area contributed by atoms with Crippen LogP contribution in [0.15, 0.2) is 52.9 Å². The van der Waals surface area contributed by atoms with E-state index in [1.165, 1.54) is 16.4 Å². The molecule has 0 amide bonds. The van der Waals surface area contributed by atoms with Crippen LogP contribution in [0.4, 0.5) is 26.3 Å². The fourth-order valence-electron chi connectivity index (χ4n) is 4.10. The molecule has 0 unspecified atom stereocenters. The van der Waals surface area contributed by atoms with Gasteiger partial charge in [0.05, 0.1) is 16.0 Å². The number of alkyl halides is 6. The molecule has 0 aliphatic carbocycles. The van der Waals surface area contributed by atoms with Crippen molar-refractivity contribution in [2.75, 3.05) is 33.2 Å². The standard InChI is InChI=1S/C25H19F6N5O2S2/c1-34-12-14-35(15-13-34)40(37,38)21-9-7-18(39-21)6-8-19-22(16-2-4-17(5-3-16)24(26,27)28)33-36-20(25(29,30)31)10-11-32-23(19)36/h2-5,7,9-11H,12-15H2,1H3. The highest BCUT2D eigenvalue weighted by Gasteiger charge is 2.35. The van der Waals surface area contributed by atoms with E-state index in [1.54, 1.807) is 0 Å². The quantitative estimate of drug-likeness (QED) is 0.249. The first kappa shape index (κ1) is 28.1. The Kier molecular flexibility index (Phi) is 7.15. The van der Waals surface area contributed by atoms with E-state index in [1.807, 2.05) is 11.9 Å². The highest BCUT2D eigenvalue weighted by atomic mass is 32.2. The highest BCUT2D eigenvalue weighted by Crippen LogP contribution is 2.34. The van der Waals surface area contributed by atoms with Gasteiger partial charge in [0.15, 0.2) is 5.65 Å². The molecule has 1 saturated heterocycles. The van der Waals surface area contributed by atoms with E-state index in [0.717, 1.165) is 47.9 Å². The van der Waals surface area contributed by atoms with Crippen LogP contribution in [0.5, 0.6) is 0 Å². The summed E-state index contributed by atoms with van der Waals surface area (Å²) in [4.78, 5) is 6.33. The Morgan fingerprint density at radius 3 is 2.17 bits per heavy atom. The maximum Gasteiger partial charge on any atom is 0.433 e. The van der Waals surface area contributed by atoms with E-state index in [2.05, 4.69) is 21.9 Å². The van der Waals surface area contributed by atoms with E-state index in [0.29, 0.717) is 35.6 Å². The van der Waals surface area contributed by atoms with Crippen molar-refractivity contribution in [3.05, 3.63) is 70.4 Å². The molecule has 4 heterocycles. The molecule has 40 heavy (non-hydrogen) atoms. The van der Waals surface area contributed by atoms with Gasteiger partial charge in [0.25, 0.3) is 10.0 Å². The summed E-state index contributed by atoms with van der Waals surface area (Å²) in [7, 11) is -1.85. The number of benzene rings is 1. The van der Waals surface area contributed by atoms with Crippen molar-refractivity contribution in [3.8, 4) is 23.1 Å². The lowest BCUT2D eigenvalue weighted by atomic mass is 10.1. The normalized spacial score (nSPS) is 15.8. The lowest BCUT2D eigenvalue weighted by Crippen LogP contribution is -2.46. The van der Waals surface area contributed by atoms with Crippen molar-refractivity contribution in [2.45, 2.75) is 16.6 Å². The first-order chi connectivity index (χ1) is 18.7. The van der Waals surface area contributed by atoms with Gasteiger partial charge in [0.2, 0.25) is 0 Å². The van der Waals surface area contributed by atoms with Crippen molar-refractivity contribution < 1.29 is 34.8 Å². The van der Waals surface area contributed by atoms with Gasteiger partial charge in [0, 0.05) is 37.9 Å². The molecule has 4 aromatic rings. The van der Waals surface area contributed by atoms with E-state index in [-0.39, 0.29) is 26.7 Å². The third-order valence-corrected chi connectivity index (χ3v) is 9.61. The number of aromatic nitrogens is 3. The molecule has 3 aromatic heterocycles. The third kappa shape index (κ3) is 5.44. The van der Waals surface area contributed by atoms with Gasteiger partial charge in [-0.2, -0.15) is 35.7 Å². The first-order valence-corrected chi connectivity index (χ1v) is 13.9. The van der Waals surface area contributed by atoms with Crippen LogP contribution in [0.1, 0.15) is 21.7 Å². The van der Waals surface area contributed by atoms with Crippen molar-refractivity contribution in [2.24, 2.45) is 0 Å². The first-order valence-electron chi connectivity index (χ1n) is 11.7. The number of hydrogen-bond donors (Lipinski definition) is 0. The molecular formula is C25H19F6N5O2S2. The predicted octanol–water partition coefficient (Wildman–Crippen LogP) is 4.83. The molecule has 7 nitrogen and oxygen atoms in total. The van der Waals surface area contributed by atoms with Crippen LogP contribution < -0.4 is 0 Å². The molecule has 0 radical (unpaired) electrons. The fourth-order valence-corrected chi connectivity index (χ4v) is 6.84. The summed E-state index contributed by atoms with van der Waals surface area (Å²) in [5.41, 5.74) is -2.39. The molecule has 15 heteroatoms.